The van der Waals surface area contributed by atoms with Gasteiger partial charge in [-0.2, -0.15) is 5.26 Å². The van der Waals surface area contributed by atoms with Crippen molar-refractivity contribution in [2.24, 2.45) is 5.92 Å². The van der Waals surface area contributed by atoms with Gasteiger partial charge in [-0.1, -0.05) is 0 Å². The van der Waals surface area contributed by atoms with E-state index in [1.54, 1.807) is 0 Å². The zero-order valence-electron chi connectivity index (χ0n) is 14.0. The first-order valence-corrected chi connectivity index (χ1v) is 8.52. The van der Waals surface area contributed by atoms with E-state index in [0.29, 0.717) is 6.54 Å². The van der Waals surface area contributed by atoms with Crippen molar-refractivity contribution in [2.45, 2.75) is 31.8 Å². The number of amides is 1. The van der Waals surface area contributed by atoms with Crippen LogP contribution in [0.25, 0.3) is 0 Å². The molecule has 2 aliphatic heterocycles. The Morgan fingerprint density at radius 3 is 2.83 bits per heavy atom. The summed E-state index contributed by atoms with van der Waals surface area (Å²) in [4.78, 5) is 25.0. The number of carbonyl (C=O) groups is 1. The van der Waals surface area contributed by atoms with Gasteiger partial charge in [0.15, 0.2) is 0 Å². The maximum atomic E-state index is 12.8. The fourth-order valence-electron chi connectivity index (χ4n) is 3.51. The zero-order chi connectivity index (χ0) is 16.9. The molecule has 3 rings (SSSR count). The van der Waals surface area contributed by atoms with E-state index in [1.165, 1.54) is 12.4 Å². The first-order valence-electron chi connectivity index (χ1n) is 8.52. The molecule has 2 saturated heterocycles. The average molecular weight is 329 g/mol. The van der Waals surface area contributed by atoms with Crippen molar-refractivity contribution < 1.29 is 9.53 Å². The molecule has 3 heterocycles. The number of carbonyl (C=O) groups excluding carboxylic acids is 1. The van der Waals surface area contributed by atoms with Crippen LogP contribution in [-0.4, -0.2) is 65.0 Å². The van der Waals surface area contributed by atoms with Gasteiger partial charge in [0.25, 0.3) is 5.88 Å². The molecule has 24 heavy (non-hydrogen) atoms. The molecular weight excluding hydrogens is 306 g/mol. The van der Waals surface area contributed by atoms with E-state index >= 15 is 0 Å². The highest BCUT2D eigenvalue weighted by Gasteiger charge is 2.32. The molecule has 7 heteroatoms. The minimum Gasteiger partial charge on any atom is -0.470 e. The van der Waals surface area contributed by atoms with Gasteiger partial charge < -0.3 is 14.5 Å². The lowest BCUT2D eigenvalue weighted by atomic mass is 9.95. The lowest BCUT2D eigenvalue weighted by molar-refractivity contribution is -0.139. The number of hydrogen-bond acceptors (Lipinski definition) is 6. The summed E-state index contributed by atoms with van der Waals surface area (Å²) >= 11 is 0. The van der Waals surface area contributed by atoms with E-state index in [9.17, 15) is 4.79 Å². The Labute approximate surface area is 142 Å². The summed E-state index contributed by atoms with van der Waals surface area (Å²) < 4.78 is 5.87. The molecule has 2 fully saturated rings. The Kier molecular flexibility index (Phi) is 5.26. The normalized spacial score (nSPS) is 25.1. The Morgan fingerprint density at radius 2 is 2.04 bits per heavy atom. The SMILES string of the molecule is CN1CCC[C@@H](C(=O)N2CCC[C@H](Oc3nccnc3C#N)C2)C1. The third-order valence-corrected chi connectivity index (χ3v) is 4.71. The number of nitriles is 1. The van der Waals surface area contributed by atoms with Gasteiger partial charge in [0.2, 0.25) is 11.6 Å². The summed E-state index contributed by atoms with van der Waals surface area (Å²) in [5, 5.41) is 9.08. The third-order valence-electron chi connectivity index (χ3n) is 4.71. The molecule has 0 unspecified atom stereocenters. The summed E-state index contributed by atoms with van der Waals surface area (Å²) in [6, 6.07) is 1.99. The second kappa shape index (κ2) is 7.58. The van der Waals surface area contributed by atoms with E-state index in [1.807, 2.05) is 11.0 Å². The molecule has 2 aliphatic rings. The van der Waals surface area contributed by atoms with Crippen molar-refractivity contribution in [1.29, 1.82) is 5.26 Å². The number of rotatable bonds is 3. The van der Waals surface area contributed by atoms with Gasteiger partial charge in [-0.05, 0) is 39.3 Å². The maximum Gasteiger partial charge on any atom is 0.251 e. The van der Waals surface area contributed by atoms with E-state index in [-0.39, 0.29) is 29.5 Å². The number of hydrogen-bond donors (Lipinski definition) is 0. The average Bonchev–Trinajstić information content (AvgIpc) is 2.62. The molecule has 128 valence electrons. The lowest BCUT2D eigenvalue weighted by Gasteiger charge is -2.37. The topological polar surface area (TPSA) is 82.3 Å². The van der Waals surface area contributed by atoms with E-state index in [0.717, 1.165) is 45.3 Å². The highest BCUT2D eigenvalue weighted by Crippen LogP contribution is 2.22. The van der Waals surface area contributed by atoms with Crippen LogP contribution in [0.3, 0.4) is 0 Å². The van der Waals surface area contributed by atoms with Crippen LogP contribution in [0, 0.1) is 17.2 Å². The molecule has 1 aromatic rings. The molecule has 0 spiro atoms. The van der Waals surface area contributed by atoms with Crippen LogP contribution in [0.4, 0.5) is 0 Å². The maximum absolute atomic E-state index is 12.8. The van der Waals surface area contributed by atoms with Gasteiger partial charge in [-0.25, -0.2) is 9.97 Å². The molecule has 2 atom stereocenters. The molecule has 0 saturated carbocycles. The second-order valence-corrected chi connectivity index (χ2v) is 6.59. The van der Waals surface area contributed by atoms with Crippen molar-refractivity contribution in [3.05, 3.63) is 18.1 Å². The number of ether oxygens (including phenoxy) is 1. The molecule has 0 aromatic carbocycles. The van der Waals surface area contributed by atoms with Gasteiger partial charge in [0.1, 0.15) is 12.2 Å². The molecule has 0 N–H and O–H groups in total. The Morgan fingerprint density at radius 1 is 1.25 bits per heavy atom. The zero-order valence-corrected chi connectivity index (χ0v) is 14.0. The fourth-order valence-corrected chi connectivity index (χ4v) is 3.51. The van der Waals surface area contributed by atoms with Crippen molar-refractivity contribution in [1.82, 2.24) is 19.8 Å². The molecular formula is C17H23N5O2. The predicted molar refractivity (Wildman–Crippen MR) is 87.2 cm³/mol. The second-order valence-electron chi connectivity index (χ2n) is 6.59. The highest BCUT2D eigenvalue weighted by molar-refractivity contribution is 5.79. The van der Waals surface area contributed by atoms with E-state index in [4.69, 9.17) is 10.00 Å². The van der Waals surface area contributed by atoms with Crippen LogP contribution in [-0.2, 0) is 4.79 Å². The Balaban J connectivity index is 1.62. The monoisotopic (exact) mass is 329 g/mol. The molecule has 0 bridgehead atoms. The van der Waals surface area contributed by atoms with Crippen molar-refractivity contribution in [3.8, 4) is 11.9 Å². The van der Waals surface area contributed by atoms with Crippen LogP contribution in [0.2, 0.25) is 0 Å². The van der Waals surface area contributed by atoms with Gasteiger partial charge in [-0.3, -0.25) is 4.79 Å². The van der Waals surface area contributed by atoms with Gasteiger partial charge in [0, 0.05) is 25.5 Å². The minimum absolute atomic E-state index is 0.0914. The number of aromatic nitrogens is 2. The van der Waals surface area contributed by atoms with Crippen LogP contribution >= 0.6 is 0 Å². The van der Waals surface area contributed by atoms with Gasteiger partial charge in [0.05, 0.1) is 12.5 Å². The van der Waals surface area contributed by atoms with E-state index < -0.39 is 0 Å². The van der Waals surface area contributed by atoms with Crippen LogP contribution in [0.1, 0.15) is 31.4 Å². The molecule has 1 aromatic heterocycles. The summed E-state index contributed by atoms with van der Waals surface area (Å²) in [6.07, 6.45) is 6.66. The lowest BCUT2D eigenvalue weighted by Crippen LogP contribution is -2.49. The van der Waals surface area contributed by atoms with Crippen molar-refractivity contribution in [2.75, 3.05) is 33.2 Å². The molecule has 7 nitrogen and oxygen atoms in total. The largest absolute Gasteiger partial charge is 0.470 e. The smallest absolute Gasteiger partial charge is 0.251 e. The standard InChI is InChI=1S/C17H23N5O2/c1-21-8-2-4-13(11-21)17(23)22-9-3-5-14(12-22)24-16-15(10-18)19-6-7-20-16/h6-7,13-14H,2-5,8-9,11-12H2,1H3/t13-,14+/m1/s1. The summed E-state index contributed by atoms with van der Waals surface area (Å²) in [6.45, 7) is 3.24. The molecule has 0 radical (unpaired) electrons. The highest BCUT2D eigenvalue weighted by atomic mass is 16.5. The minimum atomic E-state index is -0.132. The van der Waals surface area contributed by atoms with Gasteiger partial charge in [-0.15, -0.1) is 0 Å². The summed E-state index contributed by atoms with van der Waals surface area (Å²) in [5.74, 6) is 0.583. The first kappa shape index (κ1) is 16.7. The third kappa shape index (κ3) is 3.82. The number of likely N-dealkylation sites (tertiary alicyclic amines) is 2. The Bertz CT molecular complexity index is 630. The van der Waals surface area contributed by atoms with Crippen LogP contribution < -0.4 is 4.74 Å². The summed E-state index contributed by atoms with van der Waals surface area (Å²) in [7, 11) is 2.07. The molecule has 1 amide bonds. The summed E-state index contributed by atoms with van der Waals surface area (Å²) in [5.41, 5.74) is 0.190. The Hall–Kier alpha value is -2.20. The van der Waals surface area contributed by atoms with E-state index in [2.05, 4.69) is 21.9 Å². The number of piperidine rings is 2. The quantitative estimate of drug-likeness (QED) is 0.825. The molecule has 0 aliphatic carbocycles. The van der Waals surface area contributed by atoms with Crippen LogP contribution in [0.5, 0.6) is 5.88 Å². The van der Waals surface area contributed by atoms with Crippen LogP contribution in [0.15, 0.2) is 12.4 Å². The predicted octanol–water partition coefficient (Wildman–Crippen LogP) is 1.06. The van der Waals surface area contributed by atoms with Crippen molar-refractivity contribution in [3.63, 3.8) is 0 Å². The first-order chi connectivity index (χ1) is 11.7. The fraction of sp³-hybridized carbons (Fsp3) is 0.647. The van der Waals surface area contributed by atoms with Gasteiger partial charge >= 0.3 is 0 Å². The number of nitrogens with zero attached hydrogens (tertiary/aromatic N) is 5. The van der Waals surface area contributed by atoms with Crippen molar-refractivity contribution >= 4 is 5.91 Å².